The number of aromatic nitrogens is 2. The summed E-state index contributed by atoms with van der Waals surface area (Å²) >= 11 is 0. The smallest absolute Gasteiger partial charge is 0.387 e. The number of hydrogen-bond donors (Lipinski definition) is 1. The number of alkyl halides is 3. The first-order chi connectivity index (χ1) is 9.55. The Balaban J connectivity index is 2.77. The molecule has 2 aromatic heterocycles. The van der Waals surface area contributed by atoms with Crippen LogP contribution < -0.4 is 0 Å². The quantitative estimate of drug-likeness (QED) is 0.907. The average Bonchev–Trinajstić information content (AvgIpc) is 2.75. The molecule has 2 aromatic rings. The zero-order chi connectivity index (χ0) is 16.0. The highest BCUT2D eigenvalue weighted by atomic mass is 19.4. The van der Waals surface area contributed by atoms with E-state index in [0.29, 0.717) is 23.5 Å². The lowest BCUT2D eigenvalue weighted by Crippen LogP contribution is -2.17. The molecule has 0 fully saturated rings. The van der Waals surface area contributed by atoms with Crippen LogP contribution in [-0.2, 0) is 11.6 Å². The summed E-state index contributed by atoms with van der Waals surface area (Å²) in [5.74, 6) is 0. The van der Waals surface area contributed by atoms with E-state index >= 15 is 0 Å². The van der Waals surface area contributed by atoms with E-state index in [-0.39, 0.29) is 5.41 Å². The lowest BCUT2D eigenvalue weighted by Gasteiger charge is -2.20. The van der Waals surface area contributed by atoms with Crippen molar-refractivity contribution in [2.24, 2.45) is 0 Å². The summed E-state index contributed by atoms with van der Waals surface area (Å²) in [5, 5.41) is 10.2. The van der Waals surface area contributed by atoms with E-state index in [1.807, 2.05) is 20.8 Å². The van der Waals surface area contributed by atoms with Crippen LogP contribution in [0.4, 0.5) is 13.2 Å². The Labute approximate surface area is 121 Å². The summed E-state index contributed by atoms with van der Waals surface area (Å²) < 4.78 is 40.0. The van der Waals surface area contributed by atoms with E-state index < -0.39 is 17.8 Å². The maximum Gasteiger partial charge on any atom is 0.417 e. The average molecular weight is 300 g/mol. The van der Waals surface area contributed by atoms with Crippen molar-refractivity contribution in [2.75, 3.05) is 0 Å². The fraction of sp³-hybridized carbons (Fsp3) is 0.533. The molecule has 21 heavy (non-hydrogen) atoms. The Hall–Kier alpha value is -1.56. The molecule has 0 radical (unpaired) electrons. The van der Waals surface area contributed by atoms with Gasteiger partial charge in [0.2, 0.25) is 0 Å². The largest absolute Gasteiger partial charge is 0.417 e. The van der Waals surface area contributed by atoms with Crippen molar-refractivity contribution in [1.29, 1.82) is 0 Å². The van der Waals surface area contributed by atoms with Gasteiger partial charge in [0.1, 0.15) is 5.65 Å². The summed E-state index contributed by atoms with van der Waals surface area (Å²) in [6.45, 7) is 7.55. The molecule has 0 amide bonds. The maximum absolute atomic E-state index is 12.9. The van der Waals surface area contributed by atoms with E-state index in [0.717, 1.165) is 12.3 Å². The Morgan fingerprint density at radius 2 is 1.86 bits per heavy atom. The molecule has 0 aromatic carbocycles. The van der Waals surface area contributed by atoms with Gasteiger partial charge in [0.25, 0.3) is 0 Å². The third-order valence-electron chi connectivity index (χ3n) is 3.40. The molecule has 2 rings (SSSR count). The summed E-state index contributed by atoms with van der Waals surface area (Å²) in [4.78, 5) is 4.41. The van der Waals surface area contributed by atoms with Crippen molar-refractivity contribution in [3.63, 3.8) is 0 Å². The highest BCUT2D eigenvalue weighted by Gasteiger charge is 2.33. The number of nitrogens with zero attached hydrogens (tertiary/aromatic N) is 2. The molecule has 3 nitrogen and oxygen atoms in total. The number of aliphatic hydroxyl groups excluding tert-OH is 1. The number of pyridine rings is 1. The van der Waals surface area contributed by atoms with Crippen LogP contribution in [0.15, 0.2) is 18.3 Å². The molecule has 0 aliphatic heterocycles. The fourth-order valence-corrected chi connectivity index (χ4v) is 2.29. The molecule has 1 N–H and O–H groups in total. The van der Waals surface area contributed by atoms with Crippen LogP contribution in [-0.4, -0.2) is 14.5 Å². The third kappa shape index (κ3) is 2.90. The van der Waals surface area contributed by atoms with E-state index in [9.17, 15) is 18.3 Å². The third-order valence-corrected chi connectivity index (χ3v) is 3.40. The van der Waals surface area contributed by atoms with Gasteiger partial charge in [0.05, 0.1) is 23.1 Å². The number of halogens is 3. The van der Waals surface area contributed by atoms with Gasteiger partial charge in [-0.3, -0.25) is 0 Å². The van der Waals surface area contributed by atoms with Crippen molar-refractivity contribution in [1.82, 2.24) is 9.38 Å². The standard InChI is InChI=1S/C15H19F3N2O/c1-5-10(21)12-13(14(2,3)4)19-11-7-6-9(8-20(11)12)15(16,17)18/h6-8,10,21H,5H2,1-4H3. The van der Waals surface area contributed by atoms with Gasteiger partial charge in [0, 0.05) is 11.6 Å². The normalized spacial score (nSPS) is 14.7. The van der Waals surface area contributed by atoms with Crippen molar-refractivity contribution in [3.05, 3.63) is 35.3 Å². The molecule has 0 aliphatic carbocycles. The fourth-order valence-electron chi connectivity index (χ4n) is 2.29. The molecule has 2 heterocycles. The van der Waals surface area contributed by atoms with Gasteiger partial charge in [-0.05, 0) is 18.6 Å². The van der Waals surface area contributed by atoms with Gasteiger partial charge in [-0.1, -0.05) is 27.7 Å². The van der Waals surface area contributed by atoms with E-state index in [1.54, 1.807) is 6.92 Å². The zero-order valence-corrected chi connectivity index (χ0v) is 12.5. The lowest BCUT2D eigenvalue weighted by atomic mass is 9.89. The van der Waals surface area contributed by atoms with E-state index in [2.05, 4.69) is 4.98 Å². The zero-order valence-electron chi connectivity index (χ0n) is 12.5. The van der Waals surface area contributed by atoms with Crippen LogP contribution >= 0.6 is 0 Å². The minimum absolute atomic E-state index is 0.365. The van der Waals surface area contributed by atoms with Gasteiger partial charge in [-0.25, -0.2) is 4.98 Å². The highest BCUT2D eigenvalue weighted by Crippen LogP contribution is 2.34. The summed E-state index contributed by atoms with van der Waals surface area (Å²) in [6.07, 6.45) is -3.86. The van der Waals surface area contributed by atoms with Gasteiger partial charge in [-0.2, -0.15) is 13.2 Å². The Bertz CT molecular complexity index is 653. The molecule has 0 spiro atoms. The van der Waals surface area contributed by atoms with E-state index in [1.165, 1.54) is 10.5 Å². The molecule has 1 atom stereocenters. The van der Waals surface area contributed by atoms with E-state index in [4.69, 9.17) is 0 Å². The summed E-state index contributed by atoms with van der Waals surface area (Å²) in [5.41, 5.74) is 0.353. The second-order valence-corrected chi connectivity index (χ2v) is 6.16. The summed E-state index contributed by atoms with van der Waals surface area (Å²) in [7, 11) is 0. The van der Waals surface area contributed by atoms with Gasteiger partial charge in [0.15, 0.2) is 0 Å². The van der Waals surface area contributed by atoms with Crippen LogP contribution in [0.2, 0.25) is 0 Å². The number of rotatable bonds is 2. The topological polar surface area (TPSA) is 37.5 Å². The molecule has 0 aliphatic rings. The first-order valence-corrected chi connectivity index (χ1v) is 6.83. The van der Waals surface area contributed by atoms with Crippen LogP contribution in [0, 0.1) is 0 Å². The van der Waals surface area contributed by atoms with Gasteiger partial charge >= 0.3 is 6.18 Å². The first-order valence-electron chi connectivity index (χ1n) is 6.83. The molecule has 6 heteroatoms. The summed E-state index contributed by atoms with van der Waals surface area (Å²) in [6, 6.07) is 2.35. The van der Waals surface area contributed by atoms with Crippen LogP contribution in [0.1, 0.15) is 57.2 Å². The SMILES string of the molecule is CCC(O)c1c(C(C)(C)C)nc2ccc(C(F)(F)F)cn12. The number of hydrogen-bond acceptors (Lipinski definition) is 2. The Kier molecular flexibility index (Phi) is 3.78. The Morgan fingerprint density at radius 3 is 2.33 bits per heavy atom. The molecule has 0 bridgehead atoms. The predicted molar refractivity (Wildman–Crippen MR) is 74.1 cm³/mol. The van der Waals surface area contributed by atoms with Crippen LogP contribution in [0.5, 0.6) is 0 Å². The molecule has 0 saturated heterocycles. The second-order valence-electron chi connectivity index (χ2n) is 6.16. The Morgan fingerprint density at radius 1 is 1.24 bits per heavy atom. The lowest BCUT2D eigenvalue weighted by molar-refractivity contribution is -0.137. The minimum atomic E-state index is -4.42. The number of imidazole rings is 1. The molecular formula is C15H19F3N2O. The molecule has 1 unspecified atom stereocenters. The number of aliphatic hydroxyl groups is 1. The first kappa shape index (κ1) is 15.8. The van der Waals surface area contributed by atoms with Gasteiger partial charge in [-0.15, -0.1) is 0 Å². The van der Waals surface area contributed by atoms with Crippen molar-refractivity contribution in [2.45, 2.75) is 51.8 Å². The van der Waals surface area contributed by atoms with Crippen molar-refractivity contribution >= 4 is 5.65 Å². The van der Waals surface area contributed by atoms with Crippen molar-refractivity contribution < 1.29 is 18.3 Å². The minimum Gasteiger partial charge on any atom is -0.387 e. The maximum atomic E-state index is 12.9. The molecular weight excluding hydrogens is 281 g/mol. The monoisotopic (exact) mass is 300 g/mol. The van der Waals surface area contributed by atoms with Crippen LogP contribution in [0.25, 0.3) is 5.65 Å². The number of fused-ring (bicyclic) bond motifs is 1. The molecule has 0 saturated carbocycles. The van der Waals surface area contributed by atoms with Gasteiger partial charge < -0.3 is 9.51 Å². The molecule has 116 valence electrons. The van der Waals surface area contributed by atoms with Crippen LogP contribution in [0.3, 0.4) is 0 Å². The van der Waals surface area contributed by atoms with Crippen molar-refractivity contribution in [3.8, 4) is 0 Å². The second kappa shape index (κ2) is 5.02. The predicted octanol–water partition coefficient (Wildman–Crippen LogP) is 4.09. The highest BCUT2D eigenvalue weighted by molar-refractivity contribution is 5.47.